The van der Waals surface area contributed by atoms with E-state index in [0.29, 0.717) is 0 Å². The van der Waals surface area contributed by atoms with Gasteiger partial charge in [0.05, 0.1) is 6.61 Å². The summed E-state index contributed by atoms with van der Waals surface area (Å²) in [5.41, 5.74) is 0. The molecule has 0 unspecified atom stereocenters. The SMILES string of the molecule is C=CCO[C@@H]1O[C@H](COC(C)=O)[C@@H](O[C@@H]2O[C@H](COC(C)=O)[C@H](OC(C)=O)[C@H](OC(C)=O)[C@H]2OC(C)=O)[C@H](OC(C)=O)[C@H]1NC(C)=O. The summed E-state index contributed by atoms with van der Waals surface area (Å²) in [5.74, 6) is -5.47. The van der Waals surface area contributed by atoms with Crippen LogP contribution in [0.3, 0.4) is 0 Å². The Bertz CT molecular complexity index is 1170. The van der Waals surface area contributed by atoms with Crippen LogP contribution in [0.25, 0.3) is 0 Å². The topological polar surface area (TPSA) is 224 Å². The molecule has 0 aliphatic carbocycles. The Morgan fingerprint density at radius 1 is 0.596 bits per heavy atom. The molecule has 10 atom stereocenters. The second-order valence-corrected chi connectivity index (χ2v) is 10.4. The van der Waals surface area contributed by atoms with Gasteiger partial charge in [-0.2, -0.15) is 0 Å². The molecule has 2 fully saturated rings. The van der Waals surface area contributed by atoms with E-state index < -0.39 is 116 Å². The third kappa shape index (κ3) is 12.2. The highest BCUT2D eigenvalue weighted by atomic mass is 16.8. The number of hydrogen-bond donors (Lipinski definition) is 1. The van der Waals surface area contributed by atoms with Gasteiger partial charge in [-0.1, -0.05) is 6.08 Å². The molecule has 0 aromatic carbocycles. The van der Waals surface area contributed by atoms with Gasteiger partial charge in [0.25, 0.3) is 0 Å². The molecule has 0 aromatic heterocycles. The van der Waals surface area contributed by atoms with Crippen molar-refractivity contribution < 1.29 is 80.9 Å². The number of esters is 6. The van der Waals surface area contributed by atoms with Gasteiger partial charge in [-0.15, -0.1) is 6.58 Å². The standard InChI is InChI=1S/C29H41NO17/c1-9-10-38-28-22(30-13(2)31)25(42-17(6)35)23(20(45-28)11-39-14(3)32)47-29-27(44-19(8)37)26(43-18(7)36)24(41-16(5)34)21(46-29)12-40-15(4)33/h9,20-29H,1,10-12H2,2-8H3,(H,30,31)/t20-,21-,22-,23-,24+,25-,26+,27-,28-,29+/m1/s1. The Balaban J connectivity index is 2.72. The minimum atomic E-state index is -1.74. The van der Waals surface area contributed by atoms with E-state index in [2.05, 4.69) is 11.9 Å². The van der Waals surface area contributed by atoms with E-state index in [0.717, 1.165) is 41.5 Å². The van der Waals surface area contributed by atoms with Crippen LogP contribution in [0.2, 0.25) is 0 Å². The van der Waals surface area contributed by atoms with Crippen molar-refractivity contribution in [2.24, 2.45) is 0 Å². The van der Waals surface area contributed by atoms with Gasteiger partial charge in [-0.3, -0.25) is 33.6 Å². The van der Waals surface area contributed by atoms with Crippen LogP contribution in [0.1, 0.15) is 48.5 Å². The highest BCUT2D eigenvalue weighted by Gasteiger charge is 2.57. The third-order valence-electron chi connectivity index (χ3n) is 6.39. The fourth-order valence-corrected chi connectivity index (χ4v) is 4.88. The van der Waals surface area contributed by atoms with Crippen LogP contribution < -0.4 is 5.32 Å². The fourth-order valence-electron chi connectivity index (χ4n) is 4.88. The maximum atomic E-state index is 12.4. The molecule has 47 heavy (non-hydrogen) atoms. The van der Waals surface area contributed by atoms with E-state index in [4.69, 9.17) is 47.4 Å². The summed E-state index contributed by atoms with van der Waals surface area (Å²) in [5, 5.41) is 2.60. The Morgan fingerprint density at radius 3 is 1.51 bits per heavy atom. The molecule has 0 spiro atoms. The molecule has 1 amide bonds. The first-order valence-electron chi connectivity index (χ1n) is 14.5. The molecular formula is C29H41NO17. The number of rotatable bonds is 14. The normalized spacial score (nSPS) is 30.1. The van der Waals surface area contributed by atoms with E-state index in [9.17, 15) is 33.6 Å². The van der Waals surface area contributed by atoms with Gasteiger partial charge in [-0.25, -0.2) is 0 Å². The summed E-state index contributed by atoms with van der Waals surface area (Å²) >= 11 is 0. The zero-order valence-electron chi connectivity index (χ0n) is 27.1. The number of carbonyl (C=O) groups excluding carboxylic acids is 7. The average molecular weight is 676 g/mol. The van der Waals surface area contributed by atoms with Crippen LogP contribution in [0.5, 0.6) is 0 Å². The molecule has 0 saturated carbocycles. The van der Waals surface area contributed by atoms with Crippen LogP contribution >= 0.6 is 0 Å². The van der Waals surface area contributed by atoms with Crippen molar-refractivity contribution in [2.45, 2.75) is 110 Å². The van der Waals surface area contributed by atoms with Crippen molar-refractivity contribution in [1.29, 1.82) is 0 Å². The molecule has 2 aliphatic rings. The summed E-state index contributed by atoms with van der Waals surface area (Å²) < 4.78 is 56.2. The van der Waals surface area contributed by atoms with E-state index in [1.54, 1.807) is 0 Å². The number of nitrogens with one attached hydrogen (secondary N) is 1. The Labute approximate surface area is 270 Å². The lowest BCUT2D eigenvalue weighted by Gasteiger charge is -2.49. The Morgan fingerprint density at radius 2 is 1.04 bits per heavy atom. The van der Waals surface area contributed by atoms with Gasteiger partial charge < -0.3 is 52.7 Å². The van der Waals surface area contributed by atoms with E-state index in [1.807, 2.05) is 0 Å². The van der Waals surface area contributed by atoms with Gasteiger partial charge in [0.15, 0.2) is 37.0 Å². The van der Waals surface area contributed by atoms with Crippen molar-refractivity contribution in [3.8, 4) is 0 Å². The van der Waals surface area contributed by atoms with Crippen LogP contribution in [-0.4, -0.2) is 123 Å². The molecule has 2 rings (SSSR count). The van der Waals surface area contributed by atoms with E-state index in [1.165, 1.54) is 13.0 Å². The third-order valence-corrected chi connectivity index (χ3v) is 6.39. The van der Waals surface area contributed by atoms with E-state index >= 15 is 0 Å². The van der Waals surface area contributed by atoms with Crippen molar-refractivity contribution >= 4 is 41.7 Å². The second kappa shape index (κ2) is 18.3. The minimum absolute atomic E-state index is 0.0704. The van der Waals surface area contributed by atoms with Gasteiger partial charge in [0.2, 0.25) is 5.91 Å². The summed E-state index contributed by atoms with van der Waals surface area (Å²) in [6.45, 7) is 10.1. The predicted molar refractivity (Wildman–Crippen MR) is 151 cm³/mol. The lowest BCUT2D eigenvalue weighted by atomic mass is 9.94. The largest absolute Gasteiger partial charge is 0.463 e. The molecule has 18 heteroatoms. The van der Waals surface area contributed by atoms with Crippen LogP contribution in [0, 0.1) is 0 Å². The lowest BCUT2D eigenvalue weighted by molar-refractivity contribution is -0.349. The first-order chi connectivity index (χ1) is 22.0. The molecule has 2 aliphatic heterocycles. The molecule has 0 radical (unpaired) electrons. The monoisotopic (exact) mass is 675 g/mol. The first kappa shape index (κ1) is 39.1. The quantitative estimate of drug-likeness (QED) is 0.138. The van der Waals surface area contributed by atoms with Crippen molar-refractivity contribution in [1.82, 2.24) is 5.32 Å². The van der Waals surface area contributed by atoms with Crippen molar-refractivity contribution in [3.05, 3.63) is 12.7 Å². The molecular weight excluding hydrogens is 634 g/mol. The molecule has 264 valence electrons. The summed E-state index contributed by atoms with van der Waals surface area (Å²) in [6.07, 6.45) is -12.0. The van der Waals surface area contributed by atoms with Crippen LogP contribution in [-0.2, 0) is 80.9 Å². The zero-order chi connectivity index (χ0) is 35.4. The number of carbonyl (C=O) groups is 7. The maximum Gasteiger partial charge on any atom is 0.303 e. The molecule has 18 nitrogen and oxygen atoms in total. The molecule has 1 N–H and O–H groups in total. The van der Waals surface area contributed by atoms with Gasteiger partial charge in [-0.05, 0) is 0 Å². The number of amides is 1. The smallest absolute Gasteiger partial charge is 0.303 e. The van der Waals surface area contributed by atoms with Crippen LogP contribution in [0.15, 0.2) is 12.7 Å². The highest BCUT2D eigenvalue weighted by Crippen LogP contribution is 2.34. The predicted octanol–water partition coefficient (Wildman–Crippen LogP) is -0.618. The number of hydrogen-bond acceptors (Lipinski definition) is 17. The Hall–Kier alpha value is -4.13. The van der Waals surface area contributed by atoms with Gasteiger partial charge >= 0.3 is 35.8 Å². The Kier molecular flexibility index (Phi) is 15.2. The summed E-state index contributed by atoms with van der Waals surface area (Å²) in [6, 6.07) is -1.24. The van der Waals surface area contributed by atoms with Gasteiger partial charge in [0, 0.05) is 48.5 Å². The van der Waals surface area contributed by atoms with Crippen molar-refractivity contribution in [2.75, 3.05) is 19.8 Å². The number of ether oxygens (including phenoxy) is 10. The lowest BCUT2D eigenvalue weighted by Crippen LogP contribution is -2.69. The molecule has 0 aromatic rings. The van der Waals surface area contributed by atoms with Crippen molar-refractivity contribution in [3.63, 3.8) is 0 Å². The maximum absolute atomic E-state index is 12.4. The molecule has 0 bridgehead atoms. The van der Waals surface area contributed by atoms with Gasteiger partial charge in [0.1, 0.15) is 37.6 Å². The zero-order valence-corrected chi connectivity index (χ0v) is 27.1. The minimum Gasteiger partial charge on any atom is -0.463 e. The summed E-state index contributed by atoms with van der Waals surface area (Å²) in [7, 11) is 0. The fraction of sp³-hybridized carbons (Fsp3) is 0.690. The average Bonchev–Trinajstić information content (AvgIpc) is 2.94. The van der Waals surface area contributed by atoms with Crippen LogP contribution in [0.4, 0.5) is 0 Å². The highest BCUT2D eigenvalue weighted by molar-refractivity contribution is 5.73. The molecule has 2 heterocycles. The molecule has 2 saturated heterocycles. The second-order valence-electron chi connectivity index (χ2n) is 10.4. The summed E-state index contributed by atoms with van der Waals surface area (Å²) in [4.78, 5) is 84.7. The first-order valence-corrected chi connectivity index (χ1v) is 14.5. The van der Waals surface area contributed by atoms with E-state index in [-0.39, 0.29) is 6.61 Å².